The van der Waals surface area contributed by atoms with E-state index in [1.807, 2.05) is 36.1 Å². The minimum Gasteiger partial charge on any atom is -0.483 e. The number of benzene rings is 1. The molecule has 142 valence electrons. The van der Waals surface area contributed by atoms with Gasteiger partial charge in [-0.3, -0.25) is 14.6 Å². The highest BCUT2D eigenvalue weighted by atomic mass is 16.5. The molecule has 0 unspecified atom stereocenters. The molecule has 0 radical (unpaired) electrons. The summed E-state index contributed by atoms with van der Waals surface area (Å²) in [6.07, 6.45) is 6.01. The second kappa shape index (κ2) is 9.16. The van der Waals surface area contributed by atoms with Crippen LogP contribution in [0.4, 0.5) is 0 Å². The molecule has 1 N–H and O–H groups in total. The summed E-state index contributed by atoms with van der Waals surface area (Å²) in [7, 11) is 0. The molecule has 2 amide bonds. The number of pyridine rings is 1. The number of nitrogens with one attached hydrogen (secondary N) is 1. The van der Waals surface area contributed by atoms with Crippen molar-refractivity contribution in [3.8, 4) is 5.75 Å². The highest BCUT2D eigenvalue weighted by Gasteiger charge is 2.21. The molecule has 3 rings (SSSR count). The van der Waals surface area contributed by atoms with Crippen molar-refractivity contribution >= 4 is 11.8 Å². The summed E-state index contributed by atoms with van der Waals surface area (Å²) in [5.74, 6) is 0.482. The van der Waals surface area contributed by atoms with Crippen LogP contribution in [-0.2, 0) is 4.79 Å². The fourth-order valence-electron chi connectivity index (χ4n) is 3.24. The van der Waals surface area contributed by atoms with Crippen LogP contribution in [-0.4, -0.2) is 41.4 Å². The Kier molecular flexibility index (Phi) is 6.41. The molecule has 2 aromatic rings. The van der Waals surface area contributed by atoms with E-state index in [0.717, 1.165) is 31.5 Å². The van der Waals surface area contributed by atoms with Crippen molar-refractivity contribution in [1.82, 2.24) is 15.2 Å². The number of nitrogens with zero attached hydrogens (tertiary/aromatic N) is 2. The first-order valence-electron chi connectivity index (χ1n) is 9.39. The summed E-state index contributed by atoms with van der Waals surface area (Å²) >= 11 is 0. The zero-order valence-corrected chi connectivity index (χ0v) is 15.6. The zero-order valence-electron chi connectivity index (χ0n) is 15.6. The van der Waals surface area contributed by atoms with Gasteiger partial charge in [0.1, 0.15) is 5.75 Å². The number of para-hydroxylation sites is 1. The van der Waals surface area contributed by atoms with E-state index in [1.54, 1.807) is 24.5 Å². The Morgan fingerprint density at radius 2 is 1.85 bits per heavy atom. The number of amides is 2. The lowest BCUT2D eigenvalue weighted by molar-refractivity contribution is -0.132. The van der Waals surface area contributed by atoms with Crippen LogP contribution >= 0.6 is 0 Å². The first-order chi connectivity index (χ1) is 13.2. The normalized spacial score (nSPS) is 14.6. The van der Waals surface area contributed by atoms with Gasteiger partial charge < -0.3 is 15.0 Å². The summed E-state index contributed by atoms with van der Waals surface area (Å²) in [6, 6.07) is 10.7. The van der Waals surface area contributed by atoms with Gasteiger partial charge in [0.2, 0.25) is 0 Å². The van der Waals surface area contributed by atoms with E-state index in [2.05, 4.69) is 10.3 Å². The monoisotopic (exact) mass is 367 g/mol. The van der Waals surface area contributed by atoms with Gasteiger partial charge in [-0.05, 0) is 37.5 Å². The SMILES string of the molecule is CC[C@@H](NC(=O)c1ccncc1)c1ccccc1OCC(=O)N1CCCC1. The van der Waals surface area contributed by atoms with Crippen LogP contribution < -0.4 is 10.1 Å². The van der Waals surface area contributed by atoms with Crippen molar-refractivity contribution < 1.29 is 14.3 Å². The first-order valence-corrected chi connectivity index (χ1v) is 9.39. The third kappa shape index (κ3) is 4.84. The topological polar surface area (TPSA) is 71.5 Å². The smallest absolute Gasteiger partial charge is 0.260 e. The van der Waals surface area contributed by atoms with Gasteiger partial charge >= 0.3 is 0 Å². The van der Waals surface area contributed by atoms with E-state index in [1.165, 1.54) is 0 Å². The summed E-state index contributed by atoms with van der Waals surface area (Å²) in [5, 5.41) is 3.04. The van der Waals surface area contributed by atoms with Crippen molar-refractivity contribution in [2.24, 2.45) is 0 Å². The molecule has 2 heterocycles. The summed E-state index contributed by atoms with van der Waals surface area (Å²) in [5.41, 5.74) is 1.43. The Hall–Kier alpha value is -2.89. The maximum atomic E-state index is 12.5. The van der Waals surface area contributed by atoms with Crippen molar-refractivity contribution in [3.63, 3.8) is 0 Å². The minimum absolute atomic E-state index is 0.0103. The lowest BCUT2D eigenvalue weighted by atomic mass is 10.0. The molecule has 0 aliphatic carbocycles. The van der Waals surface area contributed by atoms with Crippen LogP contribution in [0.1, 0.15) is 48.1 Å². The fourth-order valence-corrected chi connectivity index (χ4v) is 3.24. The molecule has 27 heavy (non-hydrogen) atoms. The first kappa shape index (κ1) is 18.9. The molecular formula is C21H25N3O3. The second-order valence-corrected chi connectivity index (χ2v) is 6.58. The van der Waals surface area contributed by atoms with Gasteiger partial charge in [0, 0.05) is 36.6 Å². The van der Waals surface area contributed by atoms with Crippen molar-refractivity contribution in [3.05, 3.63) is 59.9 Å². The highest BCUT2D eigenvalue weighted by molar-refractivity contribution is 5.94. The molecule has 1 atom stereocenters. The van der Waals surface area contributed by atoms with Crippen molar-refractivity contribution in [2.45, 2.75) is 32.2 Å². The number of carbonyl (C=O) groups excluding carboxylic acids is 2. The average molecular weight is 367 g/mol. The molecule has 1 aromatic heterocycles. The summed E-state index contributed by atoms with van der Waals surface area (Å²) < 4.78 is 5.83. The highest BCUT2D eigenvalue weighted by Crippen LogP contribution is 2.27. The van der Waals surface area contributed by atoms with Gasteiger partial charge in [-0.2, -0.15) is 0 Å². The molecule has 0 spiro atoms. The number of hydrogen-bond acceptors (Lipinski definition) is 4. The third-order valence-corrected chi connectivity index (χ3v) is 4.76. The van der Waals surface area contributed by atoms with E-state index in [4.69, 9.17) is 4.74 Å². The van der Waals surface area contributed by atoms with E-state index in [9.17, 15) is 9.59 Å². The van der Waals surface area contributed by atoms with Gasteiger partial charge in [0.05, 0.1) is 6.04 Å². The van der Waals surface area contributed by atoms with Crippen LogP contribution in [0.3, 0.4) is 0 Å². The van der Waals surface area contributed by atoms with Crippen LogP contribution in [0.5, 0.6) is 5.75 Å². The van der Waals surface area contributed by atoms with E-state index >= 15 is 0 Å². The molecule has 1 saturated heterocycles. The molecule has 1 aliphatic heterocycles. The molecular weight excluding hydrogens is 342 g/mol. The maximum absolute atomic E-state index is 12.5. The molecule has 0 bridgehead atoms. The van der Waals surface area contributed by atoms with E-state index in [0.29, 0.717) is 17.7 Å². The number of hydrogen-bond donors (Lipinski definition) is 1. The Morgan fingerprint density at radius 3 is 2.56 bits per heavy atom. The molecule has 0 saturated carbocycles. The van der Waals surface area contributed by atoms with Crippen LogP contribution in [0.15, 0.2) is 48.8 Å². The largest absolute Gasteiger partial charge is 0.483 e. The van der Waals surface area contributed by atoms with Crippen LogP contribution in [0.2, 0.25) is 0 Å². The quantitative estimate of drug-likeness (QED) is 0.817. The molecule has 6 heteroatoms. The van der Waals surface area contributed by atoms with E-state index < -0.39 is 0 Å². The number of likely N-dealkylation sites (tertiary alicyclic amines) is 1. The molecule has 1 aromatic carbocycles. The molecule has 1 aliphatic rings. The standard InChI is InChI=1S/C21H25N3O3/c1-2-18(23-21(26)16-9-11-22-12-10-16)17-7-3-4-8-19(17)27-15-20(25)24-13-5-6-14-24/h3-4,7-12,18H,2,5-6,13-15H2,1H3,(H,23,26)/t18-/m1/s1. The van der Waals surface area contributed by atoms with Gasteiger partial charge in [0.15, 0.2) is 6.61 Å². The number of rotatable bonds is 7. The number of ether oxygens (including phenoxy) is 1. The lowest BCUT2D eigenvalue weighted by Gasteiger charge is -2.21. The van der Waals surface area contributed by atoms with Crippen molar-refractivity contribution in [2.75, 3.05) is 19.7 Å². The predicted octanol–water partition coefficient (Wildman–Crippen LogP) is 2.96. The van der Waals surface area contributed by atoms with Gasteiger partial charge in [0.25, 0.3) is 11.8 Å². The third-order valence-electron chi connectivity index (χ3n) is 4.76. The van der Waals surface area contributed by atoms with Gasteiger partial charge in [-0.25, -0.2) is 0 Å². The molecule has 6 nitrogen and oxygen atoms in total. The summed E-state index contributed by atoms with van der Waals surface area (Å²) in [6.45, 7) is 3.64. The van der Waals surface area contributed by atoms with Gasteiger partial charge in [-0.1, -0.05) is 25.1 Å². The fraction of sp³-hybridized carbons (Fsp3) is 0.381. The Bertz CT molecular complexity index is 773. The van der Waals surface area contributed by atoms with Crippen LogP contribution in [0, 0.1) is 0 Å². The Labute approximate surface area is 159 Å². The number of aromatic nitrogens is 1. The maximum Gasteiger partial charge on any atom is 0.260 e. The average Bonchev–Trinajstić information content (AvgIpc) is 3.26. The Morgan fingerprint density at radius 1 is 1.15 bits per heavy atom. The predicted molar refractivity (Wildman–Crippen MR) is 102 cm³/mol. The van der Waals surface area contributed by atoms with Crippen LogP contribution in [0.25, 0.3) is 0 Å². The van der Waals surface area contributed by atoms with Gasteiger partial charge in [-0.15, -0.1) is 0 Å². The molecule has 1 fully saturated rings. The summed E-state index contributed by atoms with van der Waals surface area (Å²) in [4.78, 5) is 30.5. The van der Waals surface area contributed by atoms with E-state index in [-0.39, 0.29) is 24.5 Å². The number of carbonyl (C=O) groups is 2. The zero-order chi connectivity index (χ0) is 19.1. The lowest BCUT2D eigenvalue weighted by Crippen LogP contribution is -2.32. The second-order valence-electron chi connectivity index (χ2n) is 6.58. The minimum atomic E-state index is -0.205. The van der Waals surface area contributed by atoms with Crippen molar-refractivity contribution in [1.29, 1.82) is 0 Å². The Balaban J connectivity index is 1.68.